The third-order valence-corrected chi connectivity index (χ3v) is 4.40. The molecule has 2 N–H and O–H groups in total. The van der Waals surface area contributed by atoms with Gasteiger partial charge < -0.3 is 20.1 Å². The predicted octanol–water partition coefficient (Wildman–Crippen LogP) is 1.02. The quantitative estimate of drug-likeness (QED) is 0.872. The number of amides is 1. The first-order valence-electron chi connectivity index (χ1n) is 7.47. The molecule has 1 aromatic rings. The first kappa shape index (κ1) is 14.4. The van der Waals surface area contributed by atoms with Crippen molar-refractivity contribution in [3.8, 4) is 0 Å². The molecule has 2 heterocycles. The van der Waals surface area contributed by atoms with E-state index < -0.39 is 5.60 Å². The number of para-hydroxylation sites is 1. The Morgan fingerprint density at radius 1 is 1.43 bits per heavy atom. The number of rotatable bonds is 3. The molecule has 3 rings (SSSR count). The lowest BCUT2D eigenvalue weighted by atomic mass is 9.93. The minimum Gasteiger partial charge on any atom is -0.388 e. The van der Waals surface area contributed by atoms with Crippen LogP contribution in [0.1, 0.15) is 18.4 Å². The SMILES string of the molecule is CN(CC1(O)CCOCC1)C(=O)[C@@H]1Cc2ccccc2N1. The second-order valence-corrected chi connectivity index (χ2v) is 6.09. The summed E-state index contributed by atoms with van der Waals surface area (Å²) in [6.07, 6.45) is 1.88. The lowest BCUT2D eigenvalue weighted by Gasteiger charge is -2.36. The molecule has 0 saturated carbocycles. The molecule has 0 radical (unpaired) electrons. The fraction of sp³-hybridized carbons (Fsp3) is 0.562. The van der Waals surface area contributed by atoms with Gasteiger partial charge in [-0.05, 0) is 11.6 Å². The van der Waals surface area contributed by atoms with Crippen molar-refractivity contribution in [3.63, 3.8) is 0 Å². The maximum atomic E-state index is 12.6. The number of likely N-dealkylation sites (N-methyl/N-ethyl adjacent to an activating group) is 1. The number of nitrogens with one attached hydrogen (secondary N) is 1. The largest absolute Gasteiger partial charge is 0.388 e. The third-order valence-electron chi connectivity index (χ3n) is 4.40. The van der Waals surface area contributed by atoms with Crippen LogP contribution in [-0.4, -0.2) is 54.4 Å². The molecule has 1 amide bonds. The van der Waals surface area contributed by atoms with E-state index in [1.165, 1.54) is 5.56 Å². The topological polar surface area (TPSA) is 61.8 Å². The molecule has 1 atom stereocenters. The average Bonchev–Trinajstić information content (AvgIpc) is 2.90. The van der Waals surface area contributed by atoms with Gasteiger partial charge in [0.2, 0.25) is 5.91 Å². The highest BCUT2D eigenvalue weighted by Crippen LogP contribution is 2.27. The molecule has 0 aliphatic carbocycles. The molecule has 1 aromatic carbocycles. The van der Waals surface area contributed by atoms with Crippen molar-refractivity contribution in [2.75, 3.05) is 32.1 Å². The minimum absolute atomic E-state index is 0.0334. The number of ether oxygens (including phenoxy) is 1. The molecule has 0 spiro atoms. The van der Waals surface area contributed by atoms with Crippen LogP contribution in [0.2, 0.25) is 0 Å². The Hall–Kier alpha value is -1.59. The molecular weight excluding hydrogens is 268 g/mol. The first-order valence-corrected chi connectivity index (χ1v) is 7.47. The van der Waals surface area contributed by atoms with Crippen molar-refractivity contribution >= 4 is 11.6 Å². The van der Waals surface area contributed by atoms with Gasteiger partial charge in [-0.15, -0.1) is 0 Å². The average molecular weight is 290 g/mol. The van der Waals surface area contributed by atoms with Crippen LogP contribution >= 0.6 is 0 Å². The van der Waals surface area contributed by atoms with E-state index in [4.69, 9.17) is 4.74 Å². The number of carbonyl (C=O) groups is 1. The van der Waals surface area contributed by atoms with E-state index in [1.54, 1.807) is 11.9 Å². The van der Waals surface area contributed by atoms with Crippen molar-refractivity contribution in [2.45, 2.75) is 30.9 Å². The number of carbonyl (C=O) groups excluding carboxylic acids is 1. The van der Waals surface area contributed by atoms with Crippen LogP contribution in [0.25, 0.3) is 0 Å². The van der Waals surface area contributed by atoms with Crippen LogP contribution in [0.5, 0.6) is 0 Å². The molecule has 5 heteroatoms. The van der Waals surface area contributed by atoms with Crippen molar-refractivity contribution in [1.82, 2.24) is 4.90 Å². The van der Waals surface area contributed by atoms with Gasteiger partial charge in [-0.3, -0.25) is 4.79 Å². The van der Waals surface area contributed by atoms with Gasteiger partial charge >= 0.3 is 0 Å². The predicted molar refractivity (Wildman–Crippen MR) is 80.2 cm³/mol. The number of aliphatic hydroxyl groups is 1. The van der Waals surface area contributed by atoms with E-state index in [1.807, 2.05) is 24.3 Å². The van der Waals surface area contributed by atoms with Crippen LogP contribution in [0.4, 0.5) is 5.69 Å². The van der Waals surface area contributed by atoms with Crippen LogP contribution < -0.4 is 5.32 Å². The maximum absolute atomic E-state index is 12.6. The zero-order valence-electron chi connectivity index (χ0n) is 12.3. The highest BCUT2D eigenvalue weighted by molar-refractivity contribution is 5.87. The van der Waals surface area contributed by atoms with Crippen LogP contribution in [-0.2, 0) is 16.0 Å². The normalized spacial score (nSPS) is 23.2. The number of hydrogen-bond acceptors (Lipinski definition) is 4. The van der Waals surface area contributed by atoms with Crippen LogP contribution in [0.3, 0.4) is 0 Å². The molecule has 1 saturated heterocycles. The lowest BCUT2D eigenvalue weighted by Crippen LogP contribution is -2.50. The van der Waals surface area contributed by atoms with E-state index in [9.17, 15) is 9.90 Å². The lowest BCUT2D eigenvalue weighted by molar-refractivity contribution is -0.137. The van der Waals surface area contributed by atoms with Crippen molar-refractivity contribution < 1.29 is 14.6 Å². The van der Waals surface area contributed by atoms with Gasteiger partial charge in [0.05, 0.1) is 5.60 Å². The molecule has 1 fully saturated rings. The molecule has 2 aliphatic heterocycles. The number of fused-ring (bicyclic) bond motifs is 1. The summed E-state index contributed by atoms with van der Waals surface area (Å²) in [5.74, 6) is 0.0334. The molecular formula is C16H22N2O3. The van der Waals surface area contributed by atoms with E-state index in [2.05, 4.69) is 5.32 Å². The minimum atomic E-state index is -0.811. The Bertz CT molecular complexity index is 501. The van der Waals surface area contributed by atoms with Gasteiger partial charge in [-0.25, -0.2) is 0 Å². The van der Waals surface area contributed by atoms with Gasteiger partial charge in [0, 0.05) is 51.8 Å². The van der Waals surface area contributed by atoms with Crippen molar-refractivity contribution in [2.24, 2.45) is 0 Å². The van der Waals surface area contributed by atoms with Crippen molar-refractivity contribution in [1.29, 1.82) is 0 Å². The fourth-order valence-corrected chi connectivity index (χ4v) is 3.14. The fourth-order valence-electron chi connectivity index (χ4n) is 3.14. The monoisotopic (exact) mass is 290 g/mol. The van der Waals surface area contributed by atoms with Gasteiger partial charge in [0.15, 0.2) is 0 Å². The standard InChI is InChI=1S/C16H22N2O3/c1-18(11-16(20)6-8-21-9-7-16)15(19)14-10-12-4-2-3-5-13(12)17-14/h2-5,14,17,20H,6-11H2,1H3/t14-/m0/s1. The number of benzene rings is 1. The summed E-state index contributed by atoms with van der Waals surface area (Å²) in [7, 11) is 1.76. The van der Waals surface area contributed by atoms with Crippen LogP contribution in [0, 0.1) is 0 Å². The third kappa shape index (κ3) is 3.04. The number of nitrogens with zero attached hydrogens (tertiary/aromatic N) is 1. The van der Waals surface area contributed by atoms with Gasteiger partial charge in [0.25, 0.3) is 0 Å². The second-order valence-electron chi connectivity index (χ2n) is 6.09. The summed E-state index contributed by atoms with van der Waals surface area (Å²) in [5, 5.41) is 13.8. The molecule has 0 bridgehead atoms. The molecule has 5 nitrogen and oxygen atoms in total. The molecule has 2 aliphatic rings. The van der Waals surface area contributed by atoms with Gasteiger partial charge in [0.1, 0.15) is 6.04 Å². The molecule has 0 aromatic heterocycles. The van der Waals surface area contributed by atoms with Crippen LogP contribution in [0.15, 0.2) is 24.3 Å². The van der Waals surface area contributed by atoms with E-state index >= 15 is 0 Å². The summed E-state index contributed by atoms with van der Waals surface area (Å²) in [6.45, 7) is 1.49. The maximum Gasteiger partial charge on any atom is 0.245 e. The van der Waals surface area contributed by atoms with Gasteiger partial charge in [-0.2, -0.15) is 0 Å². The van der Waals surface area contributed by atoms with E-state index in [-0.39, 0.29) is 11.9 Å². The van der Waals surface area contributed by atoms with E-state index in [0.29, 0.717) is 39.0 Å². The first-order chi connectivity index (χ1) is 10.1. The zero-order chi connectivity index (χ0) is 14.9. The Kier molecular flexibility index (Phi) is 3.87. The summed E-state index contributed by atoms with van der Waals surface area (Å²) in [4.78, 5) is 14.2. The molecule has 21 heavy (non-hydrogen) atoms. The highest BCUT2D eigenvalue weighted by Gasteiger charge is 2.35. The molecule has 114 valence electrons. The van der Waals surface area contributed by atoms with Crippen molar-refractivity contribution in [3.05, 3.63) is 29.8 Å². The Morgan fingerprint density at radius 2 is 2.14 bits per heavy atom. The Balaban J connectivity index is 1.61. The number of hydrogen-bond donors (Lipinski definition) is 2. The number of anilines is 1. The second kappa shape index (κ2) is 5.66. The molecule has 0 unspecified atom stereocenters. The van der Waals surface area contributed by atoms with E-state index in [0.717, 1.165) is 5.69 Å². The van der Waals surface area contributed by atoms with Gasteiger partial charge in [-0.1, -0.05) is 18.2 Å². The smallest absolute Gasteiger partial charge is 0.245 e. The Morgan fingerprint density at radius 3 is 2.86 bits per heavy atom. The summed E-state index contributed by atoms with van der Waals surface area (Å²) in [5.41, 5.74) is 1.40. The Labute approximate surface area is 124 Å². The highest BCUT2D eigenvalue weighted by atomic mass is 16.5. The summed E-state index contributed by atoms with van der Waals surface area (Å²) < 4.78 is 5.27. The summed E-state index contributed by atoms with van der Waals surface area (Å²) in [6, 6.07) is 7.77. The zero-order valence-corrected chi connectivity index (χ0v) is 12.3. The summed E-state index contributed by atoms with van der Waals surface area (Å²) >= 11 is 0.